The highest BCUT2D eigenvalue weighted by molar-refractivity contribution is 6.30. The lowest BCUT2D eigenvalue weighted by molar-refractivity contribution is 0.178. The summed E-state index contributed by atoms with van der Waals surface area (Å²) in [5.74, 6) is 1.66. The number of hydrogen-bond acceptors (Lipinski definition) is 4. The minimum absolute atomic E-state index is 0.0364. The molecule has 1 N–H and O–H groups in total. The van der Waals surface area contributed by atoms with Gasteiger partial charge >= 0.3 is 6.03 Å². The predicted molar refractivity (Wildman–Crippen MR) is 110 cm³/mol. The van der Waals surface area contributed by atoms with Gasteiger partial charge < -0.3 is 24.6 Å². The fourth-order valence-corrected chi connectivity index (χ4v) is 3.88. The first-order valence-corrected chi connectivity index (χ1v) is 9.86. The Bertz CT molecular complexity index is 853. The zero-order chi connectivity index (χ0) is 19.5. The molecule has 2 heterocycles. The van der Waals surface area contributed by atoms with Crippen molar-refractivity contribution in [1.82, 2.24) is 10.2 Å². The van der Waals surface area contributed by atoms with E-state index in [9.17, 15) is 4.79 Å². The van der Waals surface area contributed by atoms with Crippen LogP contribution in [0, 0.1) is 0 Å². The van der Waals surface area contributed by atoms with Crippen molar-refractivity contribution in [2.24, 2.45) is 0 Å². The van der Waals surface area contributed by atoms with Gasteiger partial charge in [-0.25, -0.2) is 4.79 Å². The van der Waals surface area contributed by atoms with E-state index in [-0.39, 0.29) is 12.1 Å². The minimum Gasteiger partial charge on any atom is -0.497 e. The van der Waals surface area contributed by atoms with Crippen LogP contribution in [-0.4, -0.2) is 56.9 Å². The van der Waals surface area contributed by atoms with Gasteiger partial charge in [0.25, 0.3) is 0 Å². The van der Waals surface area contributed by atoms with Crippen LogP contribution >= 0.6 is 11.6 Å². The normalized spacial score (nSPS) is 18.9. The highest BCUT2D eigenvalue weighted by Gasteiger charge is 2.26. The maximum Gasteiger partial charge on any atom is 0.317 e. The van der Waals surface area contributed by atoms with Crippen molar-refractivity contribution in [2.45, 2.75) is 12.5 Å². The molecule has 0 unspecified atom stereocenters. The SMILES string of the molecule is COc1ccc2c(c1)C[C@H](NC(=O)N1CCN(c3cccc(Cl)c3)CC1)CO2. The third kappa shape index (κ3) is 4.12. The molecule has 1 fully saturated rings. The maximum absolute atomic E-state index is 12.7. The van der Waals surface area contributed by atoms with Crippen LogP contribution in [0.3, 0.4) is 0 Å². The van der Waals surface area contributed by atoms with Crippen LogP contribution in [0.1, 0.15) is 5.56 Å². The summed E-state index contributed by atoms with van der Waals surface area (Å²) in [5, 5.41) is 3.84. The lowest BCUT2D eigenvalue weighted by Crippen LogP contribution is -2.55. The van der Waals surface area contributed by atoms with Gasteiger partial charge in [-0.2, -0.15) is 0 Å². The fraction of sp³-hybridized carbons (Fsp3) is 0.381. The number of benzene rings is 2. The van der Waals surface area contributed by atoms with Crippen LogP contribution < -0.4 is 19.7 Å². The summed E-state index contributed by atoms with van der Waals surface area (Å²) in [5.41, 5.74) is 2.15. The Morgan fingerprint density at radius 1 is 1.18 bits per heavy atom. The molecular weight excluding hydrogens is 378 g/mol. The Morgan fingerprint density at radius 2 is 2.00 bits per heavy atom. The van der Waals surface area contributed by atoms with Crippen molar-refractivity contribution < 1.29 is 14.3 Å². The quantitative estimate of drug-likeness (QED) is 0.858. The number of urea groups is 1. The van der Waals surface area contributed by atoms with Gasteiger partial charge in [0, 0.05) is 36.9 Å². The molecule has 1 atom stereocenters. The van der Waals surface area contributed by atoms with Crippen LogP contribution in [-0.2, 0) is 6.42 Å². The molecule has 4 rings (SSSR count). The molecule has 0 saturated carbocycles. The molecule has 2 aliphatic heterocycles. The number of ether oxygens (including phenoxy) is 2. The number of anilines is 1. The molecule has 0 aliphatic carbocycles. The zero-order valence-electron chi connectivity index (χ0n) is 15.9. The van der Waals surface area contributed by atoms with Crippen molar-refractivity contribution in [2.75, 3.05) is 44.8 Å². The van der Waals surface area contributed by atoms with Gasteiger partial charge in [-0.15, -0.1) is 0 Å². The van der Waals surface area contributed by atoms with E-state index in [0.717, 1.165) is 47.3 Å². The predicted octanol–water partition coefficient (Wildman–Crippen LogP) is 3.18. The molecule has 1 saturated heterocycles. The number of hydrogen-bond donors (Lipinski definition) is 1. The molecule has 6 nitrogen and oxygen atoms in total. The standard InChI is InChI=1S/C21H24ClN3O3/c1-27-19-5-6-20-15(12-19)11-17(14-28-20)23-21(26)25-9-7-24(8-10-25)18-4-2-3-16(22)13-18/h2-6,12-13,17H,7-11,14H2,1H3,(H,23,26)/t17-/m0/s1. The van der Waals surface area contributed by atoms with Gasteiger partial charge in [-0.05, 0) is 48.4 Å². The number of piperazine rings is 1. The molecule has 2 aromatic rings. The number of amides is 2. The second kappa shape index (κ2) is 8.19. The van der Waals surface area contributed by atoms with Crippen LogP contribution in [0.4, 0.5) is 10.5 Å². The summed E-state index contributed by atoms with van der Waals surface area (Å²) in [6.07, 6.45) is 0.737. The molecule has 2 aliphatic rings. The highest BCUT2D eigenvalue weighted by Crippen LogP contribution is 2.28. The highest BCUT2D eigenvalue weighted by atomic mass is 35.5. The maximum atomic E-state index is 12.7. The summed E-state index contributed by atoms with van der Waals surface area (Å²) in [6, 6.07) is 13.5. The summed E-state index contributed by atoms with van der Waals surface area (Å²) < 4.78 is 11.1. The molecule has 0 aromatic heterocycles. The minimum atomic E-state index is -0.0435. The van der Waals surface area contributed by atoms with Crippen molar-refractivity contribution in [3.63, 3.8) is 0 Å². The summed E-state index contributed by atoms with van der Waals surface area (Å²) >= 11 is 6.09. The van der Waals surface area contributed by atoms with Crippen LogP contribution in [0.25, 0.3) is 0 Å². The Morgan fingerprint density at radius 3 is 2.75 bits per heavy atom. The third-order valence-electron chi connectivity index (χ3n) is 5.24. The van der Waals surface area contributed by atoms with Crippen LogP contribution in [0.15, 0.2) is 42.5 Å². The molecule has 2 amide bonds. The van der Waals surface area contributed by atoms with Gasteiger partial charge in [0.15, 0.2) is 0 Å². The molecule has 148 valence electrons. The molecule has 0 radical (unpaired) electrons. The number of carbonyl (C=O) groups excluding carboxylic acids is 1. The van der Waals surface area contributed by atoms with E-state index in [0.29, 0.717) is 19.7 Å². The molecule has 28 heavy (non-hydrogen) atoms. The van der Waals surface area contributed by atoms with Gasteiger partial charge in [0.2, 0.25) is 0 Å². The Labute approximate surface area is 170 Å². The number of nitrogens with zero attached hydrogens (tertiary/aromatic N) is 2. The lowest BCUT2D eigenvalue weighted by atomic mass is 10.0. The largest absolute Gasteiger partial charge is 0.497 e. The Kier molecular flexibility index (Phi) is 5.48. The van der Waals surface area contributed by atoms with Crippen LogP contribution in [0.2, 0.25) is 5.02 Å². The van der Waals surface area contributed by atoms with Crippen molar-refractivity contribution in [1.29, 1.82) is 0 Å². The summed E-state index contributed by atoms with van der Waals surface area (Å²) in [7, 11) is 1.65. The molecule has 7 heteroatoms. The van der Waals surface area contributed by atoms with Gasteiger partial charge in [-0.3, -0.25) is 0 Å². The number of halogens is 1. The summed E-state index contributed by atoms with van der Waals surface area (Å²) in [4.78, 5) is 16.8. The zero-order valence-corrected chi connectivity index (χ0v) is 16.6. The molecule has 2 aromatic carbocycles. The molecular formula is C21H24ClN3O3. The first-order chi connectivity index (χ1) is 13.6. The average Bonchev–Trinajstić information content (AvgIpc) is 2.73. The summed E-state index contributed by atoms with van der Waals surface area (Å²) in [6.45, 7) is 3.41. The van der Waals surface area contributed by atoms with Gasteiger partial charge in [-0.1, -0.05) is 17.7 Å². The second-order valence-corrected chi connectivity index (χ2v) is 7.53. The van der Waals surface area contributed by atoms with E-state index >= 15 is 0 Å². The van der Waals surface area contributed by atoms with E-state index in [2.05, 4.69) is 10.2 Å². The van der Waals surface area contributed by atoms with E-state index < -0.39 is 0 Å². The van der Waals surface area contributed by atoms with E-state index in [1.165, 1.54) is 0 Å². The number of nitrogens with one attached hydrogen (secondary N) is 1. The second-order valence-electron chi connectivity index (χ2n) is 7.09. The number of carbonyl (C=O) groups is 1. The Hall–Kier alpha value is -2.60. The topological polar surface area (TPSA) is 54.0 Å². The fourth-order valence-electron chi connectivity index (χ4n) is 3.70. The molecule has 0 bridgehead atoms. The van der Waals surface area contributed by atoms with Crippen molar-refractivity contribution in [3.05, 3.63) is 53.1 Å². The number of rotatable bonds is 3. The van der Waals surface area contributed by atoms with Crippen molar-refractivity contribution in [3.8, 4) is 11.5 Å². The Balaban J connectivity index is 1.31. The number of fused-ring (bicyclic) bond motifs is 1. The third-order valence-corrected chi connectivity index (χ3v) is 5.48. The molecule has 0 spiro atoms. The average molecular weight is 402 g/mol. The smallest absolute Gasteiger partial charge is 0.317 e. The van der Waals surface area contributed by atoms with Gasteiger partial charge in [0.1, 0.15) is 18.1 Å². The van der Waals surface area contributed by atoms with Gasteiger partial charge in [0.05, 0.1) is 13.2 Å². The van der Waals surface area contributed by atoms with E-state index in [1.54, 1.807) is 7.11 Å². The van der Waals surface area contributed by atoms with Crippen LogP contribution in [0.5, 0.6) is 11.5 Å². The number of methoxy groups -OCH3 is 1. The van der Waals surface area contributed by atoms with E-state index in [1.807, 2.05) is 47.4 Å². The van der Waals surface area contributed by atoms with Crippen molar-refractivity contribution >= 4 is 23.3 Å². The lowest BCUT2D eigenvalue weighted by Gasteiger charge is -2.37. The first-order valence-electron chi connectivity index (χ1n) is 9.48. The first kappa shape index (κ1) is 18.7. The van der Waals surface area contributed by atoms with E-state index in [4.69, 9.17) is 21.1 Å². The monoisotopic (exact) mass is 401 g/mol.